The molecule has 0 rings (SSSR count). The van der Waals surface area contributed by atoms with Crippen molar-refractivity contribution in [3.63, 3.8) is 0 Å². The molecule has 0 saturated heterocycles. The van der Waals surface area contributed by atoms with E-state index in [2.05, 4.69) is 0 Å². The summed E-state index contributed by atoms with van der Waals surface area (Å²) in [6, 6.07) is 0. The third kappa shape index (κ3) is 3.72. The normalized spacial score (nSPS) is 11.4. The van der Waals surface area contributed by atoms with Crippen molar-refractivity contribution < 1.29 is 27.2 Å². The Labute approximate surface area is 83.2 Å². The van der Waals surface area contributed by atoms with Crippen LogP contribution in [0.15, 0.2) is 0 Å². The van der Waals surface area contributed by atoms with Crippen LogP contribution in [0.1, 0.15) is 0 Å². The van der Waals surface area contributed by atoms with Crippen molar-refractivity contribution in [3.8, 4) is 0 Å². The Morgan fingerprint density at radius 3 is 2.13 bits per heavy atom. The largest absolute Gasteiger partial charge is 0.383 e. The topological polar surface area (TPSA) is 49.4 Å². The SMILES string of the molecule is CN(C)C(=O)CNC(=O)C(F)(F)C(F)F. The van der Waals surface area contributed by atoms with Crippen LogP contribution in [0.5, 0.6) is 0 Å². The molecule has 0 heterocycles. The van der Waals surface area contributed by atoms with Crippen molar-refractivity contribution in [2.24, 2.45) is 0 Å². The summed E-state index contributed by atoms with van der Waals surface area (Å²) in [5, 5.41) is 1.43. The van der Waals surface area contributed by atoms with Gasteiger partial charge in [-0.25, -0.2) is 8.78 Å². The highest BCUT2D eigenvalue weighted by Crippen LogP contribution is 2.22. The summed E-state index contributed by atoms with van der Waals surface area (Å²) in [6.45, 7) is -0.742. The number of rotatable bonds is 4. The maximum absolute atomic E-state index is 12.3. The van der Waals surface area contributed by atoms with Crippen LogP contribution < -0.4 is 5.32 Å². The summed E-state index contributed by atoms with van der Waals surface area (Å²) in [7, 11) is 2.67. The van der Waals surface area contributed by atoms with E-state index in [9.17, 15) is 27.2 Å². The van der Waals surface area contributed by atoms with E-state index in [0.717, 1.165) is 4.90 Å². The molecule has 2 amide bonds. The molecule has 0 aliphatic carbocycles. The molecule has 0 aromatic heterocycles. The summed E-state index contributed by atoms with van der Waals surface area (Å²) in [4.78, 5) is 22.4. The van der Waals surface area contributed by atoms with Crippen molar-refractivity contribution in [2.75, 3.05) is 20.6 Å². The van der Waals surface area contributed by atoms with E-state index >= 15 is 0 Å². The third-order valence-electron chi connectivity index (χ3n) is 1.48. The van der Waals surface area contributed by atoms with Gasteiger partial charge in [-0.2, -0.15) is 8.78 Å². The van der Waals surface area contributed by atoms with Crippen LogP contribution in [-0.4, -0.2) is 49.7 Å². The number of nitrogens with zero attached hydrogens (tertiary/aromatic N) is 1. The molecule has 0 atom stereocenters. The maximum Gasteiger partial charge on any atom is 0.383 e. The number of carbonyl (C=O) groups is 2. The van der Waals surface area contributed by atoms with Gasteiger partial charge in [0.2, 0.25) is 5.91 Å². The van der Waals surface area contributed by atoms with Crippen molar-refractivity contribution in [2.45, 2.75) is 12.3 Å². The number of carbonyl (C=O) groups excluding carboxylic acids is 2. The fourth-order valence-corrected chi connectivity index (χ4v) is 0.531. The summed E-state index contributed by atoms with van der Waals surface area (Å²) in [5.41, 5.74) is 0. The van der Waals surface area contributed by atoms with Crippen LogP contribution in [-0.2, 0) is 9.59 Å². The number of likely N-dealkylation sites (N-methyl/N-ethyl adjacent to an activating group) is 1. The minimum absolute atomic E-state index is 0.673. The second kappa shape index (κ2) is 4.94. The van der Waals surface area contributed by atoms with Crippen LogP contribution in [0, 0.1) is 0 Å². The van der Waals surface area contributed by atoms with Crippen molar-refractivity contribution in [3.05, 3.63) is 0 Å². The van der Waals surface area contributed by atoms with E-state index in [1.807, 2.05) is 0 Å². The molecule has 0 bridgehead atoms. The minimum Gasteiger partial charge on any atom is -0.347 e. The van der Waals surface area contributed by atoms with E-state index in [1.54, 1.807) is 0 Å². The van der Waals surface area contributed by atoms with Crippen molar-refractivity contribution >= 4 is 11.8 Å². The lowest BCUT2D eigenvalue weighted by Gasteiger charge is -2.15. The van der Waals surface area contributed by atoms with Gasteiger partial charge in [-0.05, 0) is 0 Å². The third-order valence-corrected chi connectivity index (χ3v) is 1.48. The lowest BCUT2D eigenvalue weighted by atomic mass is 10.3. The lowest BCUT2D eigenvalue weighted by Crippen LogP contribution is -2.48. The summed E-state index contributed by atoms with van der Waals surface area (Å²) >= 11 is 0. The predicted molar refractivity (Wildman–Crippen MR) is 42.7 cm³/mol. The van der Waals surface area contributed by atoms with Crippen molar-refractivity contribution in [1.82, 2.24) is 10.2 Å². The van der Waals surface area contributed by atoms with Gasteiger partial charge in [-0.15, -0.1) is 0 Å². The van der Waals surface area contributed by atoms with Crippen LogP contribution in [0.3, 0.4) is 0 Å². The Hall–Kier alpha value is -1.34. The molecule has 0 radical (unpaired) electrons. The lowest BCUT2D eigenvalue weighted by molar-refractivity contribution is -0.169. The molecule has 0 aliphatic rings. The highest BCUT2D eigenvalue weighted by atomic mass is 19.3. The Morgan fingerprint density at radius 1 is 1.33 bits per heavy atom. The average molecular weight is 230 g/mol. The molecule has 0 spiro atoms. The van der Waals surface area contributed by atoms with E-state index in [-0.39, 0.29) is 0 Å². The Kier molecular flexibility index (Phi) is 4.50. The Morgan fingerprint density at radius 2 is 1.80 bits per heavy atom. The molecule has 88 valence electrons. The first-order valence-electron chi connectivity index (χ1n) is 3.84. The number of alkyl halides is 4. The summed E-state index contributed by atoms with van der Waals surface area (Å²) < 4.78 is 47.9. The Bertz CT molecular complexity index is 255. The van der Waals surface area contributed by atoms with Gasteiger partial charge in [0, 0.05) is 14.1 Å². The van der Waals surface area contributed by atoms with Crippen LogP contribution in [0.4, 0.5) is 17.6 Å². The fraction of sp³-hybridized carbons (Fsp3) is 0.714. The van der Waals surface area contributed by atoms with Gasteiger partial charge < -0.3 is 10.2 Å². The molecule has 8 heteroatoms. The van der Waals surface area contributed by atoms with Gasteiger partial charge >= 0.3 is 12.3 Å². The summed E-state index contributed by atoms with van der Waals surface area (Å²) in [6.07, 6.45) is -4.09. The van der Waals surface area contributed by atoms with E-state index < -0.39 is 30.7 Å². The first kappa shape index (κ1) is 13.7. The van der Waals surface area contributed by atoms with Crippen molar-refractivity contribution in [1.29, 1.82) is 0 Å². The zero-order chi connectivity index (χ0) is 12.2. The van der Waals surface area contributed by atoms with E-state index in [4.69, 9.17) is 0 Å². The van der Waals surface area contributed by atoms with Gasteiger partial charge in [0.05, 0.1) is 6.54 Å². The molecule has 0 fully saturated rings. The number of halogens is 4. The molecule has 0 aliphatic heterocycles. The summed E-state index contributed by atoms with van der Waals surface area (Å²) in [5.74, 6) is -7.60. The molecule has 0 aromatic rings. The zero-order valence-electron chi connectivity index (χ0n) is 8.06. The molecule has 1 N–H and O–H groups in total. The number of amides is 2. The first-order valence-corrected chi connectivity index (χ1v) is 3.84. The minimum atomic E-state index is -4.77. The average Bonchev–Trinajstić information content (AvgIpc) is 2.12. The van der Waals surface area contributed by atoms with E-state index in [0.29, 0.717) is 0 Å². The highest BCUT2D eigenvalue weighted by Gasteiger charge is 2.48. The molecular formula is C7H10F4N2O2. The number of nitrogens with one attached hydrogen (secondary N) is 1. The predicted octanol–water partition coefficient (Wildman–Crippen LogP) is 0.0912. The molecule has 0 unspecified atom stereocenters. The quantitative estimate of drug-likeness (QED) is 0.696. The van der Waals surface area contributed by atoms with Crippen LogP contribution >= 0.6 is 0 Å². The molecular weight excluding hydrogens is 220 g/mol. The van der Waals surface area contributed by atoms with Crippen LogP contribution in [0.25, 0.3) is 0 Å². The van der Waals surface area contributed by atoms with Crippen LogP contribution in [0.2, 0.25) is 0 Å². The highest BCUT2D eigenvalue weighted by molar-refractivity contribution is 5.88. The number of hydrogen-bond acceptors (Lipinski definition) is 2. The second-order valence-electron chi connectivity index (χ2n) is 2.89. The maximum atomic E-state index is 12.3. The standard InChI is InChI=1S/C7H10F4N2O2/c1-13(2)4(14)3-12-6(15)7(10,11)5(8)9/h5H,3H2,1-2H3,(H,12,15). The van der Waals surface area contributed by atoms with E-state index in [1.165, 1.54) is 19.4 Å². The molecule has 15 heavy (non-hydrogen) atoms. The molecule has 4 nitrogen and oxygen atoms in total. The Balaban J connectivity index is 4.22. The van der Waals surface area contributed by atoms with Gasteiger partial charge in [0.25, 0.3) is 5.91 Å². The molecule has 0 aromatic carbocycles. The van der Waals surface area contributed by atoms with Gasteiger partial charge in [0.15, 0.2) is 0 Å². The number of hydrogen-bond donors (Lipinski definition) is 1. The molecule has 0 saturated carbocycles. The monoisotopic (exact) mass is 230 g/mol. The first-order chi connectivity index (χ1) is 6.69. The van der Waals surface area contributed by atoms with Gasteiger partial charge in [0.1, 0.15) is 0 Å². The second-order valence-corrected chi connectivity index (χ2v) is 2.89. The van der Waals surface area contributed by atoms with Gasteiger partial charge in [-0.1, -0.05) is 0 Å². The fourth-order valence-electron chi connectivity index (χ4n) is 0.531. The zero-order valence-corrected chi connectivity index (χ0v) is 8.06. The smallest absolute Gasteiger partial charge is 0.347 e. The van der Waals surface area contributed by atoms with Gasteiger partial charge in [-0.3, -0.25) is 9.59 Å².